The molecule has 1 aliphatic rings. The van der Waals surface area contributed by atoms with Crippen molar-refractivity contribution in [2.45, 2.75) is 12.3 Å². The summed E-state index contributed by atoms with van der Waals surface area (Å²) in [5.41, 5.74) is 2.44. The summed E-state index contributed by atoms with van der Waals surface area (Å²) in [7, 11) is 4.29. The van der Waals surface area contributed by atoms with E-state index in [0.29, 0.717) is 5.92 Å². The van der Waals surface area contributed by atoms with Crippen LogP contribution in [0.5, 0.6) is 0 Å². The molecule has 2 aromatic rings. The van der Waals surface area contributed by atoms with E-state index in [2.05, 4.69) is 46.7 Å². The third-order valence-electron chi connectivity index (χ3n) is 3.35. The molecule has 3 rings (SSSR count). The van der Waals surface area contributed by atoms with E-state index in [1.165, 1.54) is 18.7 Å². The number of hydrogen-bond acceptors (Lipinski definition) is 2. The Morgan fingerprint density at radius 3 is 3.12 bits per heavy atom. The zero-order valence-electron chi connectivity index (χ0n) is 9.80. The van der Waals surface area contributed by atoms with Gasteiger partial charge in [-0.05, 0) is 38.6 Å². The second-order valence-corrected chi connectivity index (χ2v) is 4.98. The lowest BCUT2D eigenvalue weighted by Crippen LogP contribution is -2.15. The SMILES string of the molecule is CN(C)CC1CC1c1cnc2ccccn12. The molecule has 0 radical (unpaired) electrons. The van der Waals surface area contributed by atoms with Gasteiger partial charge in [0.1, 0.15) is 5.65 Å². The number of imidazole rings is 1. The van der Waals surface area contributed by atoms with Crippen LogP contribution in [0.15, 0.2) is 30.6 Å². The van der Waals surface area contributed by atoms with Gasteiger partial charge in [0.2, 0.25) is 0 Å². The van der Waals surface area contributed by atoms with Gasteiger partial charge in [-0.1, -0.05) is 6.07 Å². The van der Waals surface area contributed by atoms with Crippen molar-refractivity contribution in [2.75, 3.05) is 20.6 Å². The van der Waals surface area contributed by atoms with E-state index >= 15 is 0 Å². The summed E-state index contributed by atoms with van der Waals surface area (Å²) in [5.74, 6) is 1.52. The highest BCUT2D eigenvalue weighted by atomic mass is 15.1. The maximum atomic E-state index is 4.44. The summed E-state index contributed by atoms with van der Waals surface area (Å²) in [5, 5.41) is 0. The maximum Gasteiger partial charge on any atom is 0.136 e. The van der Waals surface area contributed by atoms with Crippen LogP contribution in [0.3, 0.4) is 0 Å². The van der Waals surface area contributed by atoms with Crippen LogP contribution < -0.4 is 0 Å². The Morgan fingerprint density at radius 1 is 1.44 bits per heavy atom. The predicted molar refractivity (Wildman–Crippen MR) is 64.6 cm³/mol. The van der Waals surface area contributed by atoms with Crippen molar-refractivity contribution in [3.63, 3.8) is 0 Å². The molecule has 0 saturated heterocycles. The van der Waals surface area contributed by atoms with Crippen molar-refractivity contribution < 1.29 is 0 Å². The second kappa shape index (κ2) is 3.59. The van der Waals surface area contributed by atoms with Gasteiger partial charge >= 0.3 is 0 Å². The quantitative estimate of drug-likeness (QED) is 0.780. The number of rotatable bonds is 3. The van der Waals surface area contributed by atoms with Crippen LogP contribution in [0.4, 0.5) is 0 Å². The molecule has 3 nitrogen and oxygen atoms in total. The Kier molecular flexibility index (Phi) is 2.21. The van der Waals surface area contributed by atoms with Crippen molar-refractivity contribution in [2.24, 2.45) is 5.92 Å². The molecule has 2 aromatic heterocycles. The molecule has 3 heteroatoms. The van der Waals surface area contributed by atoms with Gasteiger partial charge in [0.15, 0.2) is 0 Å². The molecule has 0 aromatic carbocycles. The van der Waals surface area contributed by atoms with Gasteiger partial charge in [-0.15, -0.1) is 0 Å². The molecule has 0 aliphatic heterocycles. The number of nitrogens with zero attached hydrogens (tertiary/aromatic N) is 3. The van der Waals surface area contributed by atoms with Gasteiger partial charge in [-0.25, -0.2) is 4.98 Å². The van der Waals surface area contributed by atoms with Gasteiger partial charge in [0.25, 0.3) is 0 Å². The molecule has 1 fully saturated rings. The van der Waals surface area contributed by atoms with Crippen LogP contribution >= 0.6 is 0 Å². The minimum Gasteiger partial charge on any atom is -0.309 e. The van der Waals surface area contributed by atoms with Gasteiger partial charge < -0.3 is 9.30 Å². The average molecular weight is 215 g/mol. The highest BCUT2D eigenvalue weighted by molar-refractivity contribution is 5.41. The van der Waals surface area contributed by atoms with Gasteiger partial charge in [-0.2, -0.15) is 0 Å². The molecule has 1 aliphatic carbocycles. The third kappa shape index (κ3) is 1.61. The minimum atomic E-state index is 0.708. The van der Waals surface area contributed by atoms with Crippen molar-refractivity contribution in [3.8, 4) is 0 Å². The molecule has 84 valence electrons. The zero-order valence-corrected chi connectivity index (χ0v) is 9.80. The number of aromatic nitrogens is 2. The van der Waals surface area contributed by atoms with Crippen LogP contribution in [0.2, 0.25) is 0 Å². The highest BCUT2D eigenvalue weighted by Crippen LogP contribution is 2.47. The molecule has 2 unspecified atom stereocenters. The summed E-state index contributed by atoms with van der Waals surface area (Å²) in [6, 6.07) is 6.17. The maximum absolute atomic E-state index is 4.44. The van der Waals surface area contributed by atoms with E-state index in [9.17, 15) is 0 Å². The number of pyridine rings is 1. The molecule has 16 heavy (non-hydrogen) atoms. The monoisotopic (exact) mass is 215 g/mol. The van der Waals surface area contributed by atoms with Gasteiger partial charge in [0, 0.05) is 30.6 Å². The summed E-state index contributed by atoms with van der Waals surface area (Å²) in [6.45, 7) is 1.19. The van der Waals surface area contributed by atoms with Crippen LogP contribution in [-0.2, 0) is 0 Å². The Labute approximate surface area is 95.7 Å². The highest BCUT2D eigenvalue weighted by Gasteiger charge is 2.40. The lowest BCUT2D eigenvalue weighted by molar-refractivity contribution is 0.385. The summed E-state index contributed by atoms with van der Waals surface area (Å²) < 4.78 is 2.22. The normalized spacial score (nSPS) is 24.2. The average Bonchev–Trinajstić information content (AvgIpc) is 2.88. The predicted octanol–water partition coefficient (Wildman–Crippen LogP) is 2.00. The Hall–Kier alpha value is -1.35. The first-order chi connectivity index (χ1) is 7.75. The Balaban J connectivity index is 1.86. The summed E-state index contributed by atoms with van der Waals surface area (Å²) >= 11 is 0. The zero-order chi connectivity index (χ0) is 11.1. The fourth-order valence-corrected chi connectivity index (χ4v) is 2.51. The molecule has 0 N–H and O–H groups in total. The molecule has 0 amide bonds. The largest absolute Gasteiger partial charge is 0.309 e. The Morgan fingerprint density at radius 2 is 2.31 bits per heavy atom. The molecule has 0 bridgehead atoms. The van der Waals surface area contributed by atoms with E-state index in [1.54, 1.807) is 0 Å². The lowest BCUT2D eigenvalue weighted by atomic mass is 10.2. The first-order valence-electron chi connectivity index (χ1n) is 5.82. The fourth-order valence-electron chi connectivity index (χ4n) is 2.51. The molecule has 1 saturated carbocycles. The lowest BCUT2D eigenvalue weighted by Gasteiger charge is -2.08. The van der Waals surface area contributed by atoms with Crippen LogP contribution in [0.1, 0.15) is 18.0 Å². The second-order valence-electron chi connectivity index (χ2n) is 4.98. The Bertz CT molecular complexity index is 501. The third-order valence-corrected chi connectivity index (χ3v) is 3.35. The topological polar surface area (TPSA) is 20.5 Å². The van der Waals surface area contributed by atoms with Crippen LogP contribution in [-0.4, -0.2) is 34.9 Å². The van der Waals surface area contributed by atoms with Gasteiger partial charge in [-0.3, -0.25) is 0 Å². The number of fused-ring (bicyclic) bond motifs is 1. The van der Waals surface area contributed by atoms with Gasteiger partial charge in [0.05, 0.1) is 0 Å². The molecule has 0 spiro atoms. The fraction of sp³-hybridized carbons (Fsp3) is 0.462. The molecule has 2 atom stereocenters. The first-order valence-corrected chi connectivity index (χ1v) is 5.82. The molecular formula is C13H17N3. The smallest absolute Gasteiger partial charge is 0.136 e. The summed E-state index contributed by atoms with van der Waals surface area (Å²) in [4.78, 5) is 6.71. The van der Waals surface area contributed by atoms with E-state index < -0.39 is 0 Å². The molecule has 2 heterocycles. The summed E-state index contributed by atoms with van der Waals surface area (Å²) in [6.07, 6.45) is 5.46. The van der Waals surface area contributed by atoms with Crippen molar-refractivity contribution in [1.29, 1.82) is 0 Å². The standard InChI is InChI=1S/C13H17N3/c1-15(2)9-10-7-11(10)12-8-14-13-5-3-4-6-16(12)13/h3-6,8,10-11H,7,9H2,1-2H3. The molecular weight excluding hydrogens is 198 g/mol. The van der Waals surface area contributed by atoms with Crippen molar-refractivity contribution in [3.05, 3.63) is 36.3 Å². The number of hydrogen-bond donors (Lipinski definition) is 0. The van der Waals surface area contributed by atoms with E-state index in [4.69, 9.17) is 0 Å². The van der Waals surface area contributed by atoms with Crippen molar-refractivity contribution >= 4 is 5.65 Å². The van der Waals surface area contributed by atoms with Crippen LogP contribution in [0.25, 0.3) is 5.65 Å². The minimum absolute atomic E-state index is 0.708. The van der Waals surface area contributed by atoms with E-state index in [-0.39, 0.29) is 0 Å². The first kappa shape index (κ1) is 9.85. The van der Waals surface area contributed by atoms with Crippen molar-refractivity contribution in [1.82, 2.24) is 14.3 Å². The van der Waals surface area contributed by atoms with E-state index in [1.807, 2.05) is 12.3 Å². The van der Waals surface area contributed by atoms with E-state index in [0.717, 1.165) is 11.6 Å². The van der Waals surface area contributed by atoms with Crippen LogP contribution in [0, 0.1) is 5.92 Å².